The van der Waals surface area contributed by atoms with Crippen LogP contribution in [0.5, 0.6) is 0 Å². The minimum Gasteiger partial charge on any atom is -0.334 e. The maximum atomic E-state index is 12.2. The summed E-state index contributed by atoms with van der Waals surface area (Å²) >= 11 is 0. The Hall–Kier alpha value is -2.73. The third-order valence-electron chi connectivity index (χ3n) is 3.27. The number of carbonyl (C=O) groups excluding carboxylic acids is 1. The molecule has 0 saturated heterocycles. The normalized spacial score (nSPS) is 10.8. The van der Waals surface area contributed by atoms with E-state index < -0.39 is 0 Å². The van der Waals surface area contributed by atoms with Crippen LogP contribution in [-0.4, -0.2) is 20.4 Å². The Morgan fingerprint density at radius 3 is 2.95 bits per heavy atom. The van der Waals surface area contributed by atoms with Gasteiger partial charge < -0.3 is 15.6 Å². The summed E-state index contributed by atoms with van der Waals surface area (Å²) in [6.07, 6.45) is 3.33. The molecule has 0 radical (unpaired) electrons. The SMILES string of the molecule is Cn1cnc2cc(NC(=O)c3ccnc(CN)c3)ccc21. The predicted molar refractivity (Wildman–Crippen MR) is 80.8 cm³/mol. The van der Waals surface area contributed by atoms with Crippen molar-refractivity contribution in [1.29, 1.82) is 0 Å². The van der Waals surface area contributed by atoms with Crippen molar-refractivity contribution >= 4 is 22.6 Å². The van der Waals surface area contributed by atoms with E-state index in [1.807, 2.05) is 29.8 Å². The standard InChI is InChI=1S/C15H15N5O/c1-20-9-18-13-7-11(2-3-14(13)20)19-15(21)10-4-5-17-12(6-10)8-16/h2-7,9H,8,16H2,1H3,(H,19,21). The number of nitrogens with one attached hydrogen (secondary N) is 1. The van der Waals surface area contributed by atoms with Crippen LogP contribution in [0.4, 0.5) is 5.69 Å². The van der Waals surface area contributed by atoms with Crippen LogP contribution in [-0.2, 0) is 13.6 Å². The molecule has 21 heavy (non-hydrogen) atoms. The number of rotatable bonds is 3. The van der Waals surface area contributed by atoms with Gasteiger partial charge in [0.05, 0.1) is 23.1 Å². The van der Waals surface area contributed by atoms with Crippen LogP contribution >= 0.6 is 0 Å². The molecule has 3 N–H and O–H groups in total. The number of aryl methyl sites for hydroxylation is 1. The van der Waals surface area contributed by atoms with Gasteiger partial charge in [0.2, 0.25) is 0 Å². The molecule has 0 saturated carbocycles. The molecule has 0 atom stereocenters. The number of benzene rings is 1. The van der Waals surface area contributed by atoms with E-state index >= 15 is 0 Å². The van der Waals surface area contributed by atoms with E-state index in [1.165, 1.54) is 0 Å². The quantitative estimate of drug-likeness (QED) is 0.764. The molecule has 2 aromatic heterocycles. The number of nitrogens with zero attached hydrogens (tertiary/aromatic N) is 3. The number of hydrogen-bond donors (Lipinski definition) is 2. The van der Waals surface area contributed by atoms with Crippen molar-refractivity contribution in [3.05, 3.63) is 54.1 Å². The van der Waals surface area contributed by atoms with Crippen molar-refractivity contribution in [3.8, 4) is 0 Å². The highest BCUT2D eigenvalue weighted by Gasteiger charge is 2.08. The predicted octanol–water partition coefficient (Wildman–Crippen LogP) is 1.68. The number of nitrogens with two attached hydrogens (primary N) is 1. The van der Waals surface area contributed by atoms with Crippen LogP contribution in [0.15, 0.2) is 42.9 Å². The summed E-state index contributed by atoms with van der Waals surface area (Å²) in [6.45, 7) is 0.307. The summed E-state index contributed by atoms with van der Waals surface area (Å²) in [5, 5.41) is 2.85. The highest BCUT2D eigenvalue weighted by atomic mass is 16.1. The molecule has 1 aromatic carbocycles. The van der Waals surface area contributed by atoms with Crippen molar-refractivity contribution in [2.45, 2.75) is 6.54 Å². The number of fused-ring (bicyclic) bond motifs is 1. The van der Waals surface area contributed by atoms with Crippen molar-refractivity contribution in [1.82, 2.24) is 14.5 Å². The lowest BCUT2D eigenvalue weighted by atomic mass is 10.2. The van der Waals surface area contributed by atoms with Gasteiger partial charge in [-0.3, -0.25) is 9.78 Å². The molecule has 6 heteroatoms. The summed E-state index contributed by atoms with van der Waals surface area (Å²) in [7, 11) is 1.93. The van der Waals surface area contributed by atoms with E-state index in [9.17, 15) is 4.79 Å². The number of aromatic nitrogens is 3. The van der Waals surface area contributed by atoms with Crippen molar-refractivity contribution in [2.24, 2.45) is 12.8 Å². The molecule has 3 aromatic rings. The second-order valence-electron chi connectivity index (χ2n) is 4.75. The first kappa shape index (κ1) is 13.3. The number of amides is 1. The topological polar surface area (TPSA) is 85.8 Å². The first-order valence-corrected chi connectivity index (χ1v) is 6.55. The van der Waals surface area contributed by atoms with Crippen LogP contribution < -0.4 is 11.1 Å². The maximum Gasteiger partial charge on any atom is 0.255 e. The van der Waals surface area contributed by atoms with Crippen LogP contribution in [0.2, 0.25) is 0 Å². The zero-order valence-corrected chi connectivity index (χ0v) is 11.6. The summed E-state index contributed by atoms with van der Waals surface area (Å²) in [4.78, 5) is 20.6. The highest BCUT2D eigenvalue weighted by molar-refractivity contribution is 6.04. The van der Waals surface area contributed by atoms with E-state index in [2.05, 4.69) is 15.3 Å². The van der Waals surface area contributed by atoms with Crippen LogP contribution in [0, 0.1) is 0 Å². The molecular formula is C15H15N5O. The smallest absolute Gasteiger partial charge is 0.255 e. The number of anilines is 1. The van der Waals surface area contributed by atoms with Gasteiger partial charge in [-0.2, -0.15) is 0 Å². The summed E-state index contributed by atoms with van der Waals surface area (Å²) in [5.41, 5.74) is 9.31. The summed E-state index contributed by atoms with van der Waals surface area (Å²) < 4.78 is 1.93. The molecule has 106 valence electrons. The van der Waals surface area contributed by atoms with E-state index in [4.69, 9.17) is 5.73 Å². The fourth-order valence-corrected chi connectivity index (χ4v) is 2.15. The molecule has 0 aliphatic rings. The minimum absolute atomic E-state index is 0.192. The Bertz CT molecular complexity index is 809. The van der Waals surface area contributed by atoms with Gasteiger partial charge in [0.25, 0.3) is 5.91 Å². The Kier molecular flexibility index (Phi) is 3.37. The monoisotopic (exact) mass is 281 g/mol. The van der Waals surface area contributed by atoms with E-state index in [0.717, 1.165) is 11.0 Å². The Morgan fingerprint density at radius 2 is 2.14 bits per heavy atom. The van der Waals surface area contributed by atoms with Crippen LogP contribution in [0.1, 0.15) is 16.1 Å². The molecule has 0 unspecified atom stereocenters. The van der Waals surface area contributed by atoms with Crippen LogP contribution in [0.3, 0.4) is 0 Å². The molecule has 3 rings (SSSR count). The molecule has 2 heterocycles. The lowest BCUT2D eigenvalue weighted by Gasteiger charge is -2.06. The molecule has 0 fully saturated rings. The zero-order valence-electron chi connectivity index (χ0n) is 11.6. The van der Waals surface area contributed by atoms with Crippen molar-refractivity contribution < 1.29 is 4.79 Å². The van der Waals surface area contributed by atoms with Crippen molar-refractivity contribution in [3.63, 3.8) is 0 Å². The Morgan fingerprint density at radius 1 is 1.29 bits per heavy atom. The van der Waals surface area contributed by atoms with Crippen LogP contribution in [0.25, 0.3) is 11.0 Å². The Balaban J connectivity index is 1.85. The van der Waals surface area contributed by atoms with Gasteiger partial charge in [0.15, 0.2) is 0 Å². The second kappa shape index (κ2) is 5.34. The van der Waals surface area contributed by atoms with Gasteiger partial charge in [-0.25, -0.2) is 4.98 Å². The summed E-state index contributed by atoms with van der Waals surface area (Å²) in [6, 6.07) is 8.98. The second-order valence-corrected chi connectivity index (χ2v) is 4.75. The number of pyridine rings is 1. The number of carbonyl (C=O) groups is 1. The van der Waals surface area contributed by atoms with E-state index in [0.29, 0.717) is 23.5 Å². The maximum absolute atomic E-state index is 12.2. The van der Waals surface area contributed by atoms with Gasteiger partial charge in [0.1, 0.15) is 0 Å². The van der Waals surface area contributed by atoms with Crippen molar-refractivity contribution in [2.75, 3.05) is 5.32 Å². The van der Waals surface area contributed by atoms with Gasteiger partial charge in [-0.05, 0) is 30.3 Å². The largest absolute Gasteiger partial charge is 0.334 e. The van der Waals surface area contributed by atoms with Gasteiger partial charge in [-0.1, -0.05) is 0 Å². The van der Waals surface area contributed by atoms with Gasteiger partial charge in [0, 0.05) is 31.0 Å². The molecule has 6 nitrogen and oxygen atoms in total. The first-order valence-electron chi connectivity index (χ1n) is 6.55. The van der Waals surface area contributed by atoms with E-state index in [1.54, 1.807) is 24.7 Å². The minimum atomic E-state index is -0.192. The summed E-state index contributed by atoms with van der Waals surface area (Å²) in [5.74, 6) is -0.192. The molecule has 0 aliphatic carbocycles. The fourth-order valence-electron chi connectivity index (χ4n) is 2.15. The average Bonchev–Trinajstić information content (AvgIpc) is 2.88. The molecule has 0 spiro atoms. The van der Waals surface area contributed by atoms with E-state index in [-0.39, 0.29) is 5.91 Å². The highest BCUT2D eigenvalue weighted by Crippen LogP contribution is 2.18. The third-order valence-corrected chi connectivity index (χ3v) is 3.27. The fraction of sp³-hybridized carbons (Fsp3) is 0.133. The third kappa shape index (κ3) is 2.61. The molecular weight excluding hydrogens is 266 g/mol. The number of imidazole rings is 1. The van der Waals surface area contributed by atoms with Gasteiger partial charge >= 0.3 is 0 Å². The molecule has 1 amide bonds. The molecule has 0 aliphatic heterocycles. The lowest BCUT2D eigenvalue weighted by molar-refractivity contribution is 0.102. The average molecular weight is 281 g/mol. The first-order chi connectivity index (χ1) is 10.2. The molecule has 0 bridgehead atoms. The zero-order chi connectivity index (χ0) is 14.8. The Labute approximate surface area is 121 Å². The lowest BCUT2D eigenvalue weighted by Crippen LogP contribution is -2.13. The number of hydrogen-bond acceptors (Lipinski definition) is 4. The van der Waals surface area contributed by atoms with Gasteiger partial charge in [-0.15, -0.1) is 0 Å².